The Morgan fingerprint density at radius 2 is 1.79 bits per heavy atom. The first-order chi connectivity index (χ1) is 16.1. The quantitative estimate of drug-likeness (QED) is 0.660. The molecular formula is C26H32N6O. The molecule has 4 heterocycles. The molecule has 7 nitrogen and oxygen atoms in total. The van der Waals surface area contributed by atoms with Gasteiger partial charge in [-0.3, -0.25) is 9.69 Å². The zero-order valence-electron chi connectivity index (χ0n) is 19.3. The maximum Gasteiger partial charge on any atom is 0.236 e. The summed E-state index contributed by atoms with van der Waals surface area (Å²) in [7, 11) is 0. The van der Waals surface area contributed by atoms with Gasteiger partial charge in [-0.2, -0.15) is 0 Å². The van der Waals surface area contributed by atoms with Crippen molar-refractivity contribution in [3.63, 3.8) is 0 Å². The number of rotatable bonds is 4. The highest BCUT2D eigenvalue weighted by Gasteiger charge is 2.27. The molecule has 0 saturated carbocycles. The molecule has 0 unspecified atom stereocenters. The minimum Gasteiger partial charge on any atom is -0.383 e. The third-order valence-corrected chi connectivity index (χ3v) is 7.06. The number of anilines is 1. The number of nitrogen functional groups attached to an aromatic ring is 1. The van der Waals surface area contributed by atoms with Gasteiger partial charge in [0.2, 0.25) is 5.91 Å². The average molecular weight is 445 g/mol. The molecule has 1 atom stereocenters. The van der Waals surface area contributed by atoms with Gasteiger partial charge < -0.3 is 10.6 Å². The summed E-state index contributed by atoms with van der Waals surface area (Å²) < 4.78 is 0. The number of likely N-dealkylation sites (tertiary alicyclic amines) is 2. The number of amides is 1. The molecule has 2 N–H and O–H groups in total. The van der Waals surface area contributed by atoms with E-state index in [1.165, 1.54) is 0 Å². The molecule has 2 fully saturated rings. The first kappa shape index (κ1) is 21.8. The van der Waals surface area contributed by atoms with Crippen LogP contribution in [0.15, 0.2) is 42.5 Å². The van der Waals surface area contributed by atoms with Crippen molar-refractivity contribution in [2.24, 2.45) is 5.92 Å². The molecule has 3 aromatic rings. The van der Waals surface area contributed by atoms with Crippen LogP contribution in [-0.2, 0) is 4.79 Å². The van der Waals surface area contributed by atoms with Crippen LogP contribution in [0.4, 0.5) is 5.82 Å². The van der Waals surface area contributed by atoms with E-state index < -0.39 is 0 Å². The summed E-state index contributed by atoms with van der Waals surface area (Å²) in [5.74, 6) is 2.32. The standard InChI is InChI=1S/C26H32N6O/c1-18-11-14-32(15-12-18)23(33)17-31-13-5-8-20(16-31)22-10-9-21-24(27)29-25(30-26(21)28-22)19-6-3-2-4-7-19/h2-4,6-7,9-10,18,20H,5,8,11-17H2,1H3,(H2,27,28,29,30)/t20-/m1/s1. The number of pyridine rings is 1. The first-order valence-electron chi connectivity index (χ1n) is 12.1. The van der Waals surface area contributed by atoms with Crippen molar-refractivity contribution in [3.8, 4) is 11.4 Å². The SMILES string of the molecule is CC1CCN(C(=O)CN2CCC[C@@H](c3ccc4c(N)nc(-c5ccccc5)nc4n3)C2)CC1. The summed E-state index contributed by atoms with van der Waals surface area (Å²) in [5, 5.41) is 0.778. The number of hydrogen-bond donors (Lipinski definition) is 1. The molecule has 0 spiro atoms. The molecule has 7 heteroatoms. The van der Waals surface area contributed by atoms with Crippen LogP contribution < -0.4 is 5.73 Å². The Morgan fingerprint density at radius 1 is 1.00 bits per heavy atom. The van der Waals surface area contributed by atoms with E-state index in [1.54, 1.807) is 0 Å². The lowest BCUT2D eigenvalue weighted by Gasteiger charge is -2.35. The molecule has 2 saturated heterocycles. The Bertz CT molecular complexity index is 1130. The summed E-state index contributed by atoms with van der Waals surface area (Å²) in [5.41, 5.74) is 8.81. The fourth-order valence-corrected chi connectivity index (χ4v) is 4.98. The molecule has 0 aliphatic carbocycles. The molecular weight excluding hydrogens is 412 g/mol. The van der Waals surface area contributed by atoms with Gasteiger partial charge in [0.1, 0.15) is 5.82 Å². The van der Waals surface area contributed by atoms with E-state index in [-0.39, 0.29) is 11.8 Å². The molecule has 2 aliphatic rings. The minimum atomic E-state index is 0.266. The van der Waals surface area contributed by atoms with Gasteiger partial charge in [0, 0.05) is 36.8 Å². The van der Waals surface area contributed by atoms with Crippen LogP contribution in [0.3, 0.4) is 0 Å². The number of carbonyl (C=O) groups is 1. The van der Waals surface area contributed by atoms with Crippen LogP contribution >= 0.6 is 0 Å². The molecule has 0 radical (unpaired) electrons. The summed E-state index contributed by atoms with van der Waals surface area (Å²) in [6, 6.07) is 13.9. The highest BCUT2D eigenvalue weighted by atomic mass is 16.2. The fraction of sp³-hybridized carbons (Fsp3) is 0.462. The Balaban J connectivity index is 1.32. The van der Waals surface area contributed by atoms with Crippen LogP contribution in [-0.4, -0.2) is 63.4 Å². The smallest absolute Gasteiger partial charge is 0.236 e. The first-order valence-corrected chi connectivity index (χ1v) is 12.1. The van der Waals surface area contributed by atoms with Crippen molar-refractivity contribution in [1.29, 1.82) is 0 Å². The molecule has 0 bridgehead atoms. The van der Waals surface area contributed by atoms with Crippen molar-refractivity contribution in [2.45, 2.75) is 38.5 Å². The minimum absolute atomic E-state index is 0.266. The maximum atomic E-state index is 12.8. The maximum absolute atomic E-state index is 12.8. The van der Waals surface area contributed by atoms with Gasteiger partial charge in [0.15, 0.2) is 11.5 Å². The lowest BCUT2D eigenvalue weighted by Crippen LogP contribution is -2.46. The van der Waals surface area contributed by atoms with Gasteiger partial charge in [-0.1, -0.05) is 37.3 Å². The number of hydrogen-bond acceptors (Lipinski definition) is 6. The second kappa shape index (κ2) is 9.43. The van der Waals surface area contributed by atoms with Crippen LogP contribution in [0.5, 0.6) is 0 Å². The van der Waals surface area contributed by atoms with Crippen LogP contribution in [0, 0.1) is 5.92 Å². The molecule has 2 aromatic heterocycles. The van der Waals surface area contributed by atoms with E-state index in [9.17, 15) is 4.79 Å². The van der Waals surface area contributed by atoms with Crippen molar-refractivity contribution >= 4 is 22.8 Å². The average Bonchev–Trinajstić information content (AvgIpc) is 2.85. The van der Waals surface area contributed by atoms with E-state index >= 15 is 0 Å². The van der Waals surface area contributed by atoms with E-state index in [1.807, 2.05) is 47.4 Å². The third-order valence-electron chi connectivity index (χ3n) is 7.06. The van der Waals surface area contributed by atoms with Gasteiger partial charge in [0.25, 0.3) is 0 Å². The van der Waals surface area contributed by atoms with Gasteiger partial charge in [0.05, 0.1) is 11.9 Å². The third kappa shape index (κ3) is 4.83. The zero-order chi connectivity index (χ0) is 22.8. The number of aromatic nitrogens is 3. The largest absolute Gasteiger partial charge is 0.383 e. The van der Waals surface area contributed by atoms with Crippen LogP contribution in [0.25, 0.3) is 22.4 Å². The number of carbonyl (C=O) groups excluding carboxylic acids is 1. The highest BCUT2D eigenvalue weighted by Crippen LogP contribution is 2.29. The van der Waals surface area contributed by atoms with E-state index in [2.05, 4.69) is 16.8 Å². The number of piperidine rings is 2. The van der Waals surface area contributed by atoms with E-state index in [0.29, 0.717) is 23.8 Å². The second-order valence-electron chi connectivity index (χ2n) is 9.54. The van der Waals surface area contributed by atoms with Gasteiger partial charge in [-0.25, -0.2) is 15.0 Å². The summed E-state index contributed by atoms with van der Waals surface area (Å²) in [6.07, 6.45) is 4.36. The van der Waals surface area contributed by atoms with Crippen molar-refractivity contribution < 1.29 is 4.79 Å². The lowest BCUT2D eigenvalue weighted by atomic mass is 9.94. The van der Waals surface area contributed by atoms with Gasteiger partial charge in [-0.15, -0.1) is 0 Å². The number of nitrogens with two attached hydrogens (primary N) is 1. The molecule has 1 aromatic carbocycles. The molecule has 33 heavy (non-hydrogen) atoms. The molecule has 2 aliphatic heterocycles. The predicted molar refractivity (Wildman–Crippen MR) is 131 cm³/mol. The Morgan fingerprint density at radius 3 is 2.58 bits per heavy atom. The highest BCUT2D eigenvalue weighted by molar-refractivity contribution is 5.87. The van der Waals surface area contributed by atoms with Crippen molar-refractivity contribution in [3.05, 3.63) is 48.2 Å². The summed E-state index contributed by atoms with van der Waals surface area (Å²) >= 11 is 0. The molecule has 172 valence electrons. The molecule has 1 amide bonds. The van der Waals surface area contributed by atoms with Gasteiger partial charge in [-0.05, 0) is 50.3 Å². The van der Waals surface area contributed by atoms with E-state index in [4.69, 9.17) is 15.7 Å². The lowest BCUT2D eigenvalue weighted by molar-refractivity contribution is -0.134. The summed E-state index contributed by atoms with van der Waals surface area (Å²) in [6.45, 7) is 6.39. The Hall–Kier alpha value is -3.06. The normalized spacial score (nSPS) is 20.3. The summed E-state index contributed by atoms with van der Waals surface area (Å²) in [4.78, 5) is 31.3. The second-order valence-corrected chi connectivity index (χ2v) is 9.54. The fourth-order valence-electron chi connectivity index (χ4n) is 4.98. The van der Waals surface area contributed by atoms with Crippen LogP contribution in [0.2, 0.25) is 0 Å². The van der Waals surface area contributed by atoms with Crippen molar-refractivity contribution in [2.75, 3.05) is 38.5 Å². The number of fused-ring (bicyclic) bond motifs is 1. The van der Waals surface area contributed by atoms with Crippen LogP contribution in [0.1, 0.15) is 44.2 Å². The van der Waals surface area contributed by atoms with Gasteiger partial charge >= 0.3 is 0 Å². The van der Waals surface area contributed by atoms with Crippen molar-refractivity contribution in [1.82, 2.24) is 24.8 Å². The zero-order valence-corrected chi connectivity index (χ0v) is 19.3. The molecule has 5 rings (SSSR count). The Kier molecular flexibility index (Phi) is 6.22. The Labute approximate surface area is 195 Å². The monoisotopic (exact) mass is 444 g/mol. The number of nitrogens with zero attached hydrogens (tertiary/aromatic N) is 5. The predicted octanol–water partition coefficient (Wildman–Crippen LogP) is 3.71. The van der Waals surface area contributed by atoms with E-state index in [0.717, 1.165) is 74.4 Å². The topological polar surface area (TPSA) is 88.2 Å². The number of benzene rings is 1.